The molecule has 2 rings (SSSR count). The maximum absolute atomic E-state index is 11.7. The lowest BCUT2D eigenvalue weighted by Gasteiger charge is -2.15. The average Bonchev–Trinajstić information content (AvgIpc) is 2.58. The number of hydrogen-bond acceptors (Lipinski definition) is 3. The lowest BCUT2D eigenvalue weighted by atomic mass is 9.97. The Labute approximate surface area is 130 Å². The highest BCUT2D eigenvalue weighted by atomic mass is 16.5. The molecule has 22 heavy (non-hydrogen) atoms. The molecule has 0 heterocycles. The first-order valence-corrected chi connectivity index (χ1v) is 7.28. The van der Waals surface area contributed by atoms with E-state index in [4.69, 9.17) is 4.74 Å². The second kappa shape index (κ2) is 8.15. The fraction of sp³-hybridized carbons (Fsp3) is 0.211. The Kier molecular flexibility index (Phi) is 5.92. The molecule has 0 fully saturated rings. The Morgan fingerprint density at radius 1 is 1.09 bits per heavy atom. The molecule has 0 spiro atoms. The van der Waals surface area contributed by atoms with Crippen LogP contribution in [0.25, 0.3) is 0 Å². The van der Waals surface area contributed by atoms with Gasteiger partial charge in [-0.05, 0) is 11.1 Å². The van der Waals surface area contributed by atoms with Crippen molar-refractivity contribution in [3.63, 3.8) is 0 Å². The SMILES string of the molecule is C[C@H](/C=C/C(=O)OCc1ccccc1)[C@H](O)c1ccccc1. The molecule has 0 aliphatic rings. The van der Waals surface area contributed by atoms with Gasteiger partial charge in [0.1, 0.15) is 6.61 Å². The molecule has 2 aromatic rings. The minimum absolute atomic E-state index is 0.174. The van der Waals surface area contributed by atoms with Gasteiger partial charge in [0.2, 0.25) is 0 Å². The third-order valence-corrected chi connectivity index (χ3v) is 3.40. The van der Waals surface area contributed by atoms with Crippen LogP contribution in [0.1, 0.15) is 24.2 Å². The highest BCUT2D eigenvalue weighted by Gasteiger charge is 2.13. The van der Waals surface area contributed by atoms with E-state index in [1.807, 2.05) is 67.6 Å². The summed E-state index contributed by atoms with van der Waals surface area (Å²) in [5.74, 6) is -0.581. The van der Waals surface area contributed by atoms with Gasteiger partial charge in [0, 0.05) is 12.0 Å². The van der Waals surface area contributed by atoms with Gasteiger partial charge in [0.25, 0.3) is 0 Å². The molecule has 0 amide bonds. The summed E-state index contributed by atoms with van der Waals surface area (Å²) in [7, 11) is 0. The van der Waals surface area contributed by atoms with E-state index in [0.717, 1.165) is 11.1 Å². The molecule has 114 valence electrons. The molecule has 1 N–H and O–H groups in total. The summed E-state index contributed by atoms with van der Waals surface area (Å²) in [6.45, 7) is 2.11. The van der Waals surface area contributed by atoms with E-state index in [1.54, 1.807) is 6.08 Å². The molecule has 2 aromatic carbocycles. The maximum Gasteiger partial charge on any atom is 0.330 e. The molecule has 2 atom stereocenters. The van der Waals surface area contributed by atoms with E-state index in [2.05, 4.69) is 0 Å². The van der Waals surface area contributed by atoms with Crippen molar-refractivity contribution >= 4 is 5.97 Å². The zero-order chi connectivity index (χ0) is 15.8. The van der Waals surface area contributed by atoms with Crippen LogP contribution in [0.15, 0.2) is 72.8 Å². The molecular weight excluding hydrogens is 276 g/mol. The van der Waals surface area contributed by atoms with Crippen molar-refractivity contribution in [1.29, 1.82) is 0 Å². The summed E-state index contributed by atoms with van der Waals surface area (Å²) in [5.41, 5.74) is 1.78. The number of benzene rings is 2. The minimum Gasteiger partial charge on any atom is -0.458 e. The summed E-state index contributed by atoms with van der Waals surface area (Å²) >= 11 is 0. The predicted molar refractivity (Wildman–Crippen MR) is 85.9 cm³/mol. The van der Waals surface area contributed by atoms with Crippen LogP contribution in [0, 0.1) is 5.92 Å². The number of ether oxygens (including phenoxy) is 1. The number of hydrogen-bond donors (Lipinski definition) is 1. The number of aliphatic hydroxyl groups excluding tert-OH is 1. The third-order valence-electron chi connectivity index (χ3n) is 3.40. The van der Waals surface area contributed by atoms with Gasteiger partial charge in [-0.15, -0.1) is 0 Å². The van der Waals surface area contributed by atoms with Gasteiger partial charge in [-0.2, -0.15) is 0 Å². The highest BCUT2D eigenvalue weighted by Crippen LogP contribution is 2.22. The highest BCUT2D eigenvalue weighted by molar-refractivity contribution is 5.81. The normalized spacial score (nSPS) is 13.7. The molecule has 0 aliphatic heterocycles. The van der Waals surface area contributed by atoms with E-state index in [1.165, 1.54) is 6.08 Å². The number of aliphatic hydroxyl groups is 1. The Morgan fingerprint density at radius 2 is 1.68 bits per heavy atom. The number of carbonyl (C=O) groups is 1. The largest absolute Gasteiger partial charge is 0.458 e. The van der Waals surface area contributed by atoms with Gasteiger partial charge in [-0.25, -0.2) is 4.79 Å². The molecule has 3 heteroatoms. The van der Waals surface area contributed by atoms with Crippen LogP contribution in [-0.4, -0.2) is 11.1 Å². The van der Waals surface area contributed by atoms with E-state index in [0.29, 0.717) is 0 Å². The van der Waals surface area contributed by atoms with Gasteiger partial charge in [-0.1, -0.05) is 73.7 Å². The zero-order valence-corrected chi connectivity index (χ0v) is 12.6. The Morgan fingerprint density at radius 3 is 2.32 bits per heavy atom. The first-order valence-electron chi connectivity index (χ1n) is 7.28. The second-order valence-electron chi connectivity index (χ2n) is 5.17. The molecule has 0 unspecified atom stereocenters. The van der Waals surface area contributed by atoms with Gasteiger partial charge >= 0.3 is 5.97 Å². The van der Waals surface area contributed by atoms with Crippen LogP contribution in [-0.2, 0) is 16.1 Å². The monoisotopic (exact) mass is 296 g/mol. The number of esters is 1. The molecule has 0 saturated heterocycles. The first-order chi connectivity index (χ1) is 10.7. The molecule has 0 aromatic heterocycles. The van der Waals surface area contributed by atoms with Crippen molar-refractivity contribution in [2.24, 2.45) is 5.92 Å². The Balaban J connectivity index is 1.84. The average molecular weight is 296 g/mol. The third kappa shape index (κ3) is 4.86. The summed E-state index contributed by atoms with van der Waals surface area (Å²) in [5, 5.41) is 10.2. The topological polar surface area (TPSA) is 46.5 Å². The predicted octanol–water partition coefficient (Wildman–Crippen LogP) is 3.66. The smallest absolute Gasteiger partial charge is 0.330 e. The Bertz CT molecular complexity index is 605. The second-order valence-corrected chi connectivity index (χ2v) is 5.17. The van der Waals surface area contributed by atoms with Gasteiger partial charge in [0.15, 0.2) is 0 Å². The summed E-state index contributed by atoms with van der Waals surface area (Å²) in [6.07, 6.45) is 2.41. The Hall–Kier alpha value is -2.39. The molecule has 0 radical (unpaired) electrons. The summed E-state index contributed by atoms with van der Waals surface area (Å²) < 4.78 is 5.16. The fourth-order valence-electron chi connectivity index (χ4n) is 2.07. The standard InChI is InChI=1S/C19H20O3/c1-15(19(21)17-10-6-3-7-11-17)12-13-18(20)22-14-16-8-4-2-5-9-16/h2-13,15,19,21H,14H2,1H3/b13-12+/t15-,19+/m1/s1. The van der Waals surface area contributed by atoms with Crippen LogP contribution in [0.3, 0.4) is 0 Å². The molecule has 0 saturated carbocycles. The van der Waals surface area contributed by atoms with Crippen LogP contribution in [0.5, 0.6) is 0 Å². The fourth-order valence-corrected chi connectivity index (χ4v) is 2.07. The van der Waals surface area contributed by atoms with Crippen LogP contribution in [0.2, 0.25) is 0 Å². The first kappa shape index (κ1) is 16.0. The summed E-state index contributed by atoms with van der Waals surface area (Å²) in [4.78, 5) is 11.7. The van der Waals surface area contributed by atoms with Crippen LogP contribution >= 0.6 is 0 Å². The van der Waals surface area contributed by atoms with Crippen molar-refractivity contribution in [3.05, 3.63) is 83.9 Å². The van der Waals surface area contributed by atoms with Crippen molar-refractivity contribution in [2.45, 2.75) is 19.6 Å². The van der Waals surface area contributed by atoms with E-state index in [-0.39, 0.29) is 12.5 Å². The van der Waals surface area contributed by atoms with Crippen LogP contribution in [0.4, 0.5) is 0 Å². The quantitative estimate of drug-likeness (QED) is 0.653. The van der Waals surface area contributed by atoms with E-state index in [9.17, 15) is 9.90 Å². The lowest BCUT2D eigenvalue weighted by molar-refractivity contribution is -0.139. The molecular formula is C19H20O3. The van der Waals surface area contributed by atoms with Gasteiger partial charge in [0.05, 0.1) is 6.10 Å². The number of carbonyl (C=O) groups excluding carboxylic acids is 1. The molecule has 0 bridgehead atoms. The van der Waals surface area contributed by atoms with Crippen molar-refractivity contribution < 1.29 is 14.6 Å². The maximum atomic E-state index is 11.7. The van der Waals surface area contributed by atoms with Gasteiger partial charge in [-0.3, -0.25) is 0 Å². The van der Waals surface area contributed by atoms with Gasteiger partial charge < -0.3 is 9.84 Å². The minimum atomic E-state index is -0.639. The molecule has 3 nitrogen and oxygen atoms in total. The number of rotatable bonds is 6. The van der Waals surface area contributed by atoms with E-state index < -0.39 is 12.1 Å². The zero-order valence-electron chi connectivity index (χ0n) is 12.6. The van der Waals surface area contributed by atoms with E-state index >= 15 is 0 Å². The van der Waals surface area contributed by atoms with Crippen molar-refractivity contribution in [1.82, 2.24) is 0 Å². The summed E-state index contributed by atoms with van der Waals surface area (Å²) in [6, 6.07) is 18.9. The van der Waals surface area contributed by atoms with Crippen LogP contribution < -0.4 is 0 Å². The van der Waals surface area contributed by atoms with Crippen molar-refractivity contribution in [3.8, 4) is 0 Å². The lowest BCUT2D eigenvalue weighted by Crippen LogP contribution is -2.08. The molecule has 0 aliphatic carbocycles. The van der Waals surface area contributed by atoms with Crippen molar-refractivity contribution in [2.75, 3.05) is 0 Å².